The number of hydrogen-bond acceptors (Lipinski definition) is 4. The zero-order chi connectivity index (χ0) is 17.4. The quantitative estimate of drug-likeness (QED) is 0.616. The van der Waals surface area contributed by atoms with E-state index in [0.717, 1.165) is 17.3 Å². The fourth-order valence-electron chi connectivity index (χ4n) is 1.74. The molecule has 0 unspecified atom stereocenters. The van der Waals surface area contributed by atoms with Crippen LogP contribution in [0.15, 0.2) is 53.4 Å². The first-order chi connectivity index (χ1) is 11.5. The molecule has 0 bridgehead atoms. The number of thioether (sulfide) groups is 1. The van der Waals surface area contributed by atoms with Gasteiger partial charge in [-0.3, -0.25) is 9.59 Å². The number of nitrogens with one attached hydrogen (secondary N) is 1. The molecule has 2 rings (SSSR count). The van der Waals surface area contributed by atoms with E-state index in [2.05, 4.69) is 5.32 Å². The van der Waals surface area contributed by atoms with Crippen molar-refractivity contribution in [1.82, 2.24) is 5.32 Å². The molecule has 0 saturated heterocycles. The van der Waals surface area contributed by atoms with E-state index >= 15 is 0 Å². The van der Waals surface area contributed by atoms with Crippen LogP contribution in [-0.2, 0) is 20.9 Å². The largest absolute Gasteiger partial charge is 0.455 e. The molecule has 2 aromatic rings. The molecular weight excluding hydrogens is 336 g/mol. The van der Waals surface area contributed by atoms with Crippen LogP contribution in [0.2, 0.25) is 0 Å². The van der Waals surface area contributed by atoms with Gasteiger partial charge in [0.1, 0.15) is 11.6 Å². The van der Waals surface area contributed by atoms with Crippen LogP contribution in [0.25, 0.3) is 0 Å². The normalized spacial score (nSPS) is 10.2. The first-order valence-electron chi connectivity index (χ1n) is 7.08. The van der Waals surface area contributed by atoms with Gasteiger partial charge in [0.25, 0.3) is 5.91 Å². The molecule has 0 fully saturated rings. The predicted octanol–water partition coefficient (Wildman–Crippen LogP) is 2.92. The summed E-state index contributed by atoms with van der Waals surface area (Å²) in [5.74, 6) is -1.94. The Kier molecular flexibility index (Phi) is 6.74. The molecule has 0 aliphatic rings. The molecule has 1 N–H and O–H groups in total. The van der Waals surface area contributed by atoms with Crippen molar-refractivity contribution in [1.29, 1.82) is 0 Å². The lowest BCUT2D eigenvalue weighted by Crippen LogP contribution is -2.28. The van der Waals surface area contributed by atoms with Crippen LogP contribution in [0.4, 0.5) is 8.78 Å². The third-order valence-electron chi connectivity index (χ3n) is 2.95. The molecule has 0 saturated carbocycles. The maximum absolute atomic E-state index is 13.4. The number of esters is 1. The zero-order valence-electron chi connectivity index (χ0n) is 12.6. The van der Waals surface area contributed by atoms with Crippen LogP contribution in [0, 0.1) is 11.6 Å². The molecule has 0 aliphatic heterocycles. The number of carbonyl (C=O) groups is 2. The molecule has 0 aliphatic carbocycles. The van der Waals surface area contributed by atoms with Crippen LogP contribution in [-0.4, -0.2) is 24.2 Å². The number of ether oxygens (including phenoxy) is 1. The van der Waals surface area contributed by atoms with Gasteiger partial charge in [-0.25, -0.2) is 8.78 Å². The van der Waals surface area contributed by atoms with Gasteiger partial charge in [0.15, 0.2) is 6.61 Å². The fourth-order valence-corrected chi connectivity index (χ4v) is 2.48. The Labute approximate surface area is 142 Å². The lowest BCUT2D eigenvalue weighted by molar-refractivity contribution is -0.145. The van der Waals surface area contributed by atoms with Crippen molar-refractivity contribution in [3.63, 3.8) is 0 Å². The number of carbonyl (C=O) groups excluding carboxylic acids is 2. The van der Waals surface area contributed by atoms with Gasteiger partial charge in [-0.15, -0.1) is 11.8 Å². The van der Waals surface area contributed by atoms with Crippen LogP contribution >= 0.6 is 11.8 Å². The average Bonchev–Trinajstić information content (AvgIpc) is 2.58. The Morgan fingerprint density at radius 2 is 1.75 bits per heavy atom. The Balaban J connectivity index is 1.66. The molecule has 126 valence electrons. The minimum atomic E-state index is -0.611. The van der Waals surface area contributed by atoms with Gasteiger partial charge in [0, 0.05) is 11.4 Å². The van der Waals surface area contributed by atoms with Crippen molar-refractivity contribution in [2.24, 2.45) is 0 Å². The van der Waals surface area contributed by atoms with E-state index < -0.39 is 24.3 Å². The van der Waals surface area contributed by atoms with E-state index in [1.165, 1.54) is 18.2 Å². The van der Waals surface area contributed by atoms with Crippen LogP contribution in [0.1, 0.15) is 5.56 Å². The SMILES string of the molecule is O=C(COC(=O)CSc1ccccc1F)NCc1ccc(F)cc1. The summed E-state index contributed by atoms with van der Waals surface area (Å²) < 4.78 is 30.9. The van der Waals surface area contributed by atoms with Crippen molar-refractivity contribution in [2.75, 3.05) is 12.4 Å². The summed E-state index contributed by atoms with van der Waals surface area (Å²) in [4.78, 5) is 23.5. The minimum Gasteiger partial charge on any atom is -0.455 e. The van der Waals surface area contributed by atoms with Gasteiger partial charge >= 0.3 is 5.97 Å². The van der Waals surface area contributed by atoms with Crippen LogP contribution < -0.4 is 5.32 Å². The maximum atomic E-state index is 13.4. The molecule has 0 heterocycles. The van der Waals surface area contributed by atoms with Crippen molar-refractivity contribution in [3.8, 4) is 0 Å². The second-order valence-electron chi connectivity index (χ2n) is 4.78. The molecule has 0 radical (unpaired) electrons. The fraction of sp³-hybridized carbons (Fsp3) is 0.176. The highest BCUT2D eigenvalue weighted by Gasteiger charge is 2.10. The zero-order valence-corrected chi connectivity index (χ0v) is 13.4. The third kappa shape index (κ3) is 6.00. The lowest BCUT2D eigenvalue weighted by atomic mass is 10.2. The Morgan fingerprint density at radius 1 is 1.04 bits per heavy atom. The van der Waals surface area contributed by atoms with Crippen molar-refractivity contribution >= 4 is 23.6 Å². The number of halogens is 2. The summed E-state index contributed by atoms with van der Waals surface area (Å²) >= 11 is 1.00. The van der Waals surface area contributed by atoms with Crippen molar-refractivity contribution in [2.45, 2.75) is 11.4 Å². The number of hydrogen-bond donors (Lipinski definition) is 1. The van der Waals surface area contributed by atoms with E-state index in [1.54, 1.807) is 30.3 Å². The number of amides is 1. The van der Waals surface area contributed by atoms with E-state index in [0.29, 0.717) is 4.90 Å². The van der Waals surface area contributed by atoms with Gasteiger partial charge in [-0.2, -0.15) is 0 Å². The Hall–Kier alpha value is -2.41. The second kappa shape index (κ2) is 9.02. The highest BCUT2D eigenvalue weighted by molar-refractivity contribution is 8.00. The maximum Gasteiger partial charge on any atom is 0.316 e. The standard InChI is InChI=1S/C17H15F2NO3S/c18-13-7-5-12(6-8-13)9-20-16(21)10-23-17(22)11-24-15-4-2-1-3-14(15)19/h1-8H,9-11H2,(H,20,21). The average molecular weight is 351 g/mol. The van der Waals surface area contributed by atoms with Gasteiger partial charge in [-0.05, 0) is 29.8 Å². The predicted molar refractivity (Wildman–Crippen MR) is 86.3 cm³/mol. The summed E-state index contributed by atoms with van der Waals surface area (Å²) in [5.41, 5.74) is 0.728. The van der Waals surface area contributed by atoms with Crippen LogP contribution in [0.5, 0.6) is 0 Å². The van der Waals surface area contributed by atoms with E-state index in [4.69, 9.17) is 4.74 Å². The monoisotopic (exact) mass is 351 g/mol. The molecule has 24 heavy (non-hydrogen) atoms. The Bertz CT molecular complexity index is 707. The Morgan fingerprint density at radius 3 is 2.46 bits per heavy atom. The molecule has 1 amide bonds. The van der Waals surface area contributed by atoms with Gasteiger partial charge < -0.3 is 10.1 Å². The van der Waals surface area contributed by atoms with E-state index in [-0.39, 0.29) is 18.1 Å². The first-order valence-corrected chi connectivity index (χ1v) is 8.07. The molecular formula is C17H15F2NO3S. The summed E-state index contributed by atoms with van der Waals surface area (Å²) in [6, 6.07) is 11.8. The van der Waals surface area contributed by atoms with E-state index in [9.17, 15) is 18.4 Å². The van der Waals surface area contributed by atoms with E-state index in [1.807, 2.05) is 0 Å². The smallest absolute Gasteiger partial charge is 0.316 e. The van der Waals surface area contributed by atoms with Crippen LogP contribution in [0.3, 0.4) is 0 Å². The highest BCUT2D eigenvalue weighted by Crippen LogP contribution is 2.20. The summed E-state index contributed by atoms with van der Waals surface area (Å²) in [5, 5.41) is 2.55. The van der Waals surface area contributed by atoms with Gasteiger partial charge in [0.2, 0.25) is 0 Å². The van der Waals surface area contributed by atoms with Gasteiger partial charge in [-0.1, -0.05) is 24.3 Å². The summed E-state index contributed by atoms with van der Waals surface area (Å²) in [7, 11) is 0. The van der Waals surface area contributed by atoms with Crippen molar-refractivity contribution in [3.05, 3.63) is 65.7 Å². The second-order valence-corrected chi connectivity index (χ2v) is 5.80. The lowest BCUT2D eigenvalue weighted by Gasteiger charge is -2.07. The number of benzene rings is 2. The van der Waals surface area contributed by atoms with Crippen molar-refractivity contribution < 1.29 is 23.1 Å². The minimum absolute atomic E-state index is 0.0911. The molecule has 2 aromatic carbocycles. The number of rotatable bonds is 7. The summed E-state index contributed by atoms with van der Waals surface area (Å²) in [6.07, 6.45) is 0. The first kappa shape index (κ1) is 17.9. The molecule has 7 heteroatoms. The molecule has 0 aromatic heterocycles. The van der Waals surface area contributed by atoms with Gasteiger partial charge in [0.05, 0.1) is 5.75 Å². The molecule has 4 nitrogen and oxygen atoms in total. The summed E-state index contributed by atoms with van der Waals surface area (Å²) in [6.45, 7) is -0.210. The topological polar surface area (TPSA) is 55.4 Å². The third-order valence-corrected chi connectivity index (χ3v) is 3.97. The highest BCUT2D eigenvalue weighted by atomic mass is 32.2. The molecule has 0 spiro atoms. The molecule has 0 atom stereocenters.